The van der Waals surface area contributed by atoms with Crippen molar-refractivity contribution in [2.45, 2.75) is 26.5 Å². The average molecular weight is 402 g/mol. The lowest BCUT2D eigenvalue weighted by Gasteiger charge is -2.17. The predicted octanol–water partition coefficient (Wildman–Crippen LogP) is 4.61. The Kier molecular flexibility index (Phi) is 9.91. The van der Waals surface area contributed by atoms with Crippen molar-refractivity contribution in [3.8, 4) is 5.75 Å². The van der Waals surface area contributed by atoms with E-state index in [-0.39, 0.29) is 18.4 Å². The van der Waals surface area contributed by atoms with E-state index in [1.807, 2.05) is 18.2 Å². The van der Waals surface area contributed by atoms with Gasteiger partial charge in [-0.15, -0.1) is 12.4 Å². The molecule has 146 valence electrons. The van der Waals surface area contributed by atoms with Crippen molar-refractivity contribution in [2.24, 2.45) is 0 Å². The minimum Gasteiger partial charge on any atom is -0.497 e. The number of methoxy groups -OCH3 is 1. The molecule has 0 saturated heterocycles. The third-order valence-electron chi connectivity index (χ3n) is 4.13. The molecule has 0 aliphatic carbocycles. The molecule has 0 bridgehead atoms. The normalized spacial score (nSPS) is 10.8. The Bertz CT molecular complexity index is 700. The van der Waals surface area contributed by atoms with E-state index in [0.717, 1.165) is 30.8 Å². The van der Waals surface area contributed by atoms with Gasteiger partial charge in [0.05, 0.1) is 19.5 Å². The van der Waals surface area contributed by atoms with Crippen LogP contribution in [0.2, 0.25) is 0 Å². The number of thioether (sulfide) groups is 1. The number of esters is 1. The quantitative estimate of drug-likeness (QED) is 0.428. The number of ether oxygens (including phenoxy) is 2. The van der Waals surface area contributed by atoms with Crippen LogP contribution in [0.4, 0.5) is 0 Å². The van der Waals surface area contributed by atoms with Crippen LogP contribution in [0, 0.1) is 0 Å². The fourth-order valence-electron chi connectivity index (χ4n) is 2.68. The summed E-state index contributed by atoms with van der Waals surface area (Å²) in [5.41, 5.74) is 1.20. The number of furan rings is 1. The van der Waals surface area contributed by atoms with E-state index in [4.69, 9.17) is 13.9 Å². The minimum atomic E-state index is -0.339. The molecule has 0 saturated carbocycles. The first kappa shape index (κ1) is 22.7. The van der Waals surface area contributed by atoms with Gasteiger partial charge in [-0.2, -0.15) is 11.8 Å². The SMILES string of the molecule is CCOC(=O)c1c(CSCCN(CC)CC)oc2ccc(OC)cc12.Cl. The summed E-state index contributed by atoms with van der Waals surface area (Å²) in [5, 5.41) is 0.747. The molecule has 0 atom stereocenters. The van der Waals surface area contributed by atoms with Gasteiger partial charge < -0.3 is 18.8 Å². The summed E-state index contributed by atoms with van der Waals surface area (Å²) in [5.74, 6) is 2.66. The van der Waals surface area contributed by atoms with Crippen LogP contribution in [0.3, 0.4) is 0 Å². The molecule has 7 heteroatoms. The highest BCUT2D eigenvalue weighted by atomic mass is 35.5. The summed E-state index contributed by atoms with van der Waals surface area (Å²) in [6.07, 6.45) is 0. The van der Waals surface area contributed by atoms with Crippen molar-refractivity contribution in [3.05, 3.63) is 29.5 Å². The fourth-order valence-corrected chi connectivity index (χ4v) is 3.60. The Morgan fingerprint density at radius 2 is 1.96 bits per heavy atom. The molecule has 2 aromatic rings. The van der Waals surface area contributed by atoms with Crippen LogP contribution in [-0.2, 0) is 10.5 Å². The Morgan fingerprint density at radius 1 is 1.23 bits per heavy atom. The van der Waals surface area contributed by atoms with Crippen LogP contribution in [0.1, 0.15) is 36.9 Å². The zero-order valence-electron chi connectivity index (χ0n) is 15.9. The third kappa shape index (κ3) is 5.56. The molecule has 26 heavy (non-hydrogen) atoms. The standard InChI is InChI=1S/C19H27NO4S.ClH/c1-5-20(6-2)10-11-25-13-17-18(19(21)23-7-3)15-12-14(22-4)8-9-16(15)24-17;/h8-9,12H,5-7,10-11,13H2,1-4H3;1H. The highest BCUT2D eigenvalue weighted by molar-refractivity contribution is 7.98. The van der Waals surface area contributed by atoms with Gasteiger partial charge in [-0.05, 0) is 38.2 Å². The molecule has 1 aromatic carbocycles. The molecule has 0 unspecified atom stereocenters. The summed E-state index contributed by atoms with van der Waals surface area (Å²) in [6, 6.07) is 5.49. The molecule has 0 fully saturated rings. The molecule has 0 N–H and O–H groups in total. The maximum Gasteiger partial charge on any atom is 0.342 e. The number of hydrogen-bond donors (Lipinski definition) is 0. The zero-order valence-corrected chi connectivity index (χ0v) is 17.5. The van der Waals surface area contributed by atoms with E-state index in [1.54, 1.807) is 25.8 Å². The highest BCUT2D eigenvalue weighted by Gasteiger charge is 2.22. The molecule has 0 aliphatic heterocycles. The Balaban J connectivity index is 0.00000338. The van der Waals surface area contributed by atoms with Gasteiger partial charge in [0.2, 0.25) is 0 Å². The number of rotatable bonds is 10. The predicted molar refractivity (Wildman–Crippen MR) is 110 cm³/mol. The van der Waals surface area contributed by atoms with E-state index < -0.39 is 0 Å². The number of fused-ring (bicyclic) bond motifs is 1. The van der Waals surface area contributed by atoms with Crippen LogP contribution in [0.15, 0.2) is 22.6 Å². The second-order valence-electron chi connectivity index (χ2n) is 5.56. The number of carbonyl (C=O) groups is 1. The summed E-state index contributed by atoms with van der Waals surface area (Å²) in [7, 11) is 1.61. The first-order chi connectivity index (χ1) is 12.1. The molecular weight excluding hydrogens is 374 g/mol. The Labute approximate surface area is 165 Å². The van der Waals surface area contributed by atoms with Crippen molar-refractivity contribution >= 4 is 41.1 Å². The van der Waals surface area contributed by atoms with Crippen molar-refractivity contribution in [1.82, 2.24) is 4.90 Å². The molecule has 2 rings (SSSR count). The van der Waals surface area contributed by atoms with Gasteiger partial charge in [0, 0.05) is 17.7 Å². The molecule has 1 heterocycles. The zero-order chi connectivity index (χ0) is 18.2. The maximum absolute atomic E-state index is 12.4. The minimum absolute atomic E-state index is 0. The van der Waals surface area contributed by atoms with Gasteiger partial charge in [0.15, 0.2) is 0 Å². The number of halogens is 1. The summed E-state index contributed by atoms with van der Waals surface area (Å²) < 4.78 is 16.4. The van der Waals surface area contributed by atoms with Crippen LogP contribution >= 0.6 is 24.2 Å². The molecule has 1 aromatic heterocycles. The first-order valence-electron chi connectivity index (χ1n) is 8.71. The van der Waals surface area contributed by atoms with Crippen molar-refractivity contribution in [3.63, 3.8) is 0 Å². The largest absolute Gasteiger partial charge is 0.497 e. The third-order valence-corrected chi connectivity index (χ3v) is 5.06. The van der Waals surface area contributed by atoms with E-state index in [1.165, 1.54) is 0 Å². The van der Waals surface area contributed by atoms with Crippen LogP contribution < -0.4 is 4.74 Å². The van der Waals surface area contributed by atoms with Crippen LogP contribution in [0.25, 0.3) is 11.0 Å². The number of benzene rings is 1. The van der Waals surface area contributed by atoms with E-state index in [9.17, 15) is 4.79 Å². The molecular formula is C19H28ClNO4S. The molecule has 0 radical (unpaired) electrons. The van der Waals surface area contributed by atoms with Crippen LogP contribution in [-0.4, -0.2) is 50.0 Å². The lowest BCUT2D eigenvalue weighted by molar-refractivity contribution is 0.0526. The molecule has 0 amide bonds. The van der Waals surface area contributed by atoms with Crippen molar-refractivity contribution in [1.29, 1.82) is 0 Å². The topological polar surface area (TPSA) is 51.9 Å². The smallest absolute Gasteiger partial charge is 0.342 e. The number of nitrogens with zero attached hydrogens (tertiary/aromatic N) is 1. The van der Waals surface area contributed by atoms with Gasteiger partial charge in [-0.1, -0.05) is 13.8 Å². The summed E-state index contributed by atoms with van der Waals surface area (Å²) >= 11 is 1.77. The van der Waals surface area contributed by atoms with E-state index in [2.05, 4.69) is 18.7 Å². The first-order valence-corrected chi connectivity index (χ1v) is 9.86. The maximum atomic E-state index is 12.4. The number of carbonyl (C=O) groups excluding carboxylic acids is 1. The van der Waals surface area contributed by atoms with E-state index in [0.29, 0.717) is 35.0 Å². The highest BCUT2D eigenvalue weighted by Crippen LogP contribution is 2.32. The second-order valence-corrected chi connectivity index (χ2v) is 6.67. The lowest BCUT2D eigenvalue weighted by Crippen LogP contribution is -2.25. The molecule has 0 aliphatic rings. The van der Waals surface area contributed by atoms with Crippen molar-refractivity contribution in [2.75, 3.05) is 39.1 Å². The van der Waals surface area contributed by atoms with Gasteiger partial charge >= 0.3 is 5.97 Å². The molecule has 0 spiro atoms. The Morgan fingerprint density at radius 3 is 2.58 bits per heavy atom. The summed E-state index contributed by atoms with van der Waals surface area (Å²) in [6.45, 7) is 9.61. The van der Waals surface area contributed by atoms with Gasteiger partial charge in [0.1, 0.15) is 22.7 Å². The van der Waals surface area contributed by atoms with Crippen molar-refractivity contribution < 1.29 is 18.7 Å². The lowest BCUT2D eigenvalue weighted by atomic mass is 10.1. The van der Waals surface area contributed by atoms with Gasteiger partial charge in [-0.25, -0.2) is 4.79 Å². The van der Waals surface area contributed by atoms with Gasteiger partial charge in [0.25, 0.3) is 0 Å². The average Bonchev–Trinajstić information content (AvgIpc) is 2.99. The fraction of sp³-hybridized carbons (Fsp3) is 0.526. The Hall–Kier alpha value is -1.37. The monoisotopic (exact) mass is 401 g/mol. The number of hydrogen-bond acceptors (Lipinski definition) is 6. The summed E-state index contributed by atoms with van der Waals surface area (Å²) in [4.78, 5) is 14.8. The second kappa shape index (κ2) is 11.4. The van der Waals surface area contributed by atoms with E-state index >= 15 is 0 Å². The molecule has 5 nitrogen and oxygen atoms in total. The van der Waals surface area contributed by atoms with Crippen LogP contribution in [0.5, 0.6) is 5.75 Å². The van der Waals surface area contributed by atoms with Gasteiger partial charge in [-0.3, -0.25) is 0 Å².